The lowest BCUT2D eigenvalue weighted by molar-refractivity contribution is -0.132. The number of thioether (sulfide) groups is 1. The Morgan fingerprint density at radius 2 is 1.73 bits per heavy atom. The first-order valence-electron chi connectivity index (χ1n) is 13.8. The monoisotopic (exact) mass is 619 g/mol. The molecule has 2 N–H and O–H groups in total. The van der Waals surface area contributed by atoms with E-state index in [9.17, 15) is 19.8 Å². The van der Waals surface area contributed by atoms with Crippen molar-refractivity contribution in [1.82, 2.24) is 19.6 Å². The number of ketones is 1. The molecule has 1 aliphatic heterocycles. The molecule has 3 aromatic carbocycles. The van der Waals surface area contributed by atoms with Crippen molar-refractivity contribution in [3.63, 3.8) is 0 Å². The number of carbonyl (C=O) groups excluding carboxylic acids is 2. The second-order valence-electron chi connectivity index (χ2n) is 10.5. The normalized spacial score (nSPS) is 16.4. The van der Waals surface area contributed by atoms with E-state index >= 15 is 0 Å². The van der Waals surface area contributed by atoms with Crippen LogP contribution < -0.4 is 4.90 Å². The van der Waals surface area contributed by atoms with E-state index in [0.29, 0.717) is 27.0 Å². The van der Waals surface area contributed by atoms with E-state index in [0.717, 1.165) is 21.9 Å². The molecule has 218 valence electrons. The first-order chi connectivity index (χ1) is 21.3. The number of aliphatic hydroxyl groups excluding tert-OH is 1. The van der Waals surface area contributed by atoms with Crippen LogP contribution in [0.5, 0.6) is 5.75 Å². The Kier molecular flexibility index (Phi) is 6.91. The van der Waals surface area contributed by atoms with Gasteiger partial charge in [0.1, 0.15) is 17.1 Å². The summed E-state index contributed by atoms with van der Waals surface area (Å²) in [6.45, 7) is 3.70. The van der Waals surface area contributed by atoms with Gasteiger partial charge < -0.3 is 14.6 Å². The molecule has 3 aromatic heterocycles. The van der Waals surface area contributed by atoms with Crippen LogP contribution in [-0.4, -0.2) is 41.5 Å². The number of Topliss-reactive ketones (excluding diaryl/α,β-unsaturated/α-hetero) is 1. The van der Waals surface area contributed by atoms with E-state index in [1.54, 1.807) is 19.1 Å². The highest BCUT2D eigenvalue weighted by atomic mass is 32.2. The van der Waals surface area contributed by atoms with Gasteiger partial charge in [0.15, 0.2) is 10.1 Å². The van der Waals surface area contributed by atoms with Crippen molar-refractivity contribution in [1.29, 1.82) is 0 Å². The fourth-order valence-electron chi connectivity index (χ4n) is 5.59. The maximum Gasteiger partial charge on any atom is 0.301 e. The van der Waals surface area contributed by atoms with Crippen molar-refractivity contribution in [3.05, 3.63) is 119 Å². The Morgan fingerprint density at radius 1 is 0.955 bits per heavy atom. The van der Waals surface area contributed by atoms with E-state index < -0.39 is 17.7 Å². The van der Waals surface area contributed by atoms with Gasteiger partial charge in [-0.2, -0.15) is 0 Å². The molecule has 11 heteroatoms. The fourth-order valence-corrected chi connectivity index (χ4v) is 7.46. The summed E-state index contributed by atoms with van der Waals surface area (Å²) in [4.78, 5) is 33.2. The lowest BCUT2D eigenvalue weighted by Crippen LogP contribution is -2.29. The standard InChI is InChI=1S/C33H25N5O4S2/c1-18-7-6-16-37-19(2)26(34-30(18)37)28(40)25-27(21-12-14-23(39)15-13-21)38(31(42)29(25)41)32-35-36-33(44-32)43-17-22-10-5-9-20-8-3-4-11-24(20)22/h3-16,27,39-40H,17H2,1-2H3. The third kappa shape index (κ3) is 4.61. The predicted octanol–water partition coefficient (Wildman–Crippen LogP) is 6.58. The van der Waals surface area contributed by atoms with E-state index in [1.807, 2.05) is 47.9 Å². The van der Waals surface area contributed by atoms with Crippen molar-refractivity contribution in [2.24, 2.45) is 0 Å². The Hall–Kier alpha value is -5.00. The number of aromatic hydroxyl groups is 1. The molecule has 1 fully saturated rings. The average Bonchev–Trinajstić information content (AvgIpc) is 3.71. The molecule has 1 unspecified atom stereocenters. The van der Waals surface area contributed by atoms with Crippen molar-refractivity contribution in [2.75, 3.05) is 4.90 Å². The number of anilines is 1. The molecular formula is C33H25N5O4S2. The van der Waals surface area contributed by atoms with Gasteiger partial charge >= 0.3 is 5.91 Å². The number of phenolic OH excluding ortho intramolecular Hbond substituents is 1. The number of nitrogens with zero attached hydrogens (tertiary/aromatic N) is 5. The average molecular weight is 620 g/mol. The zero-order chi connectivity index (χ0) is 30.5. The summed E-state index contributed by atoms with van der Waals surface area (Å²) >= 11 is 2.69. The van der Waals surface area contributed by atoms with Crippen LogP contribution in [0.1, 0.15) is 34.1 Å². The maximum atomic E-state index is 13.6. The molecule has 1 atom stereocenters. The number of imidazole rings is 1. The van der Waals surface area contributed by atoms with Gasteiger partial charge in [0.05, 0.1) is 17.3 Å². The summed E-state index contributed by atoms with van der Waals surface area (Å²) in [5.74, 6) is -1.39. The van der Waals surface area contributed by atoms with Gasteiger partial charge in [0.25, 0.3) is 5.78 Å². The van der Waals surface area contributed by atoms with Crippen LogP contribution in [0.25, 0.3) is 22.2 Å². The molecule has 0 bridgehead atoms. The smallest absolute Gasteiger partial charge is 0.301 e. The summed E-state index contributed by atoms with van der Waals surface area (Å²) in [5, 5.41) is 32.8. The van der Waals surface area contributed by atoms with Crippen molar-refractivity contribution < 1.29 is 19.8 Å². The number of carbonyl (C=O) groups is 2. The highest BCUT2D eigenvalue weighted by molar-refractivity contribution is 8.00. The Labute approximate surface area is 260 Å². The Bertz CT molecular complexity index is 2130. The van der Waals surface area contributed by atoms with Gasteiger partial charge in [-0.25, -0.2) is 4.98 Å². The van der Waals surface area contributed by atoms with Crippen LogP contribution in [0, 0.1) is 13.8 Å². The zero-order valence-electron chi connectivity index (χ0n) is 23.6. The lowest BCUT2D eigenvalue weighted by Gasteiger charge is -2.22. The molecule has 0 radical (unpaired) electrons. The number of hydrogen-bond donors (Lipinski definition) is 2. The van der Waals surface area contributed by atoms with Crippen molar-refractivity contribution in [3.8, 4) is 5.75 Å². The van der Waals surface area contributed by atoms with Crippen molar-refractivity contribution in [2.45, 2.75) is 30.0 Å². The summed E-state index contributed by atoms with van der Waals surface area (Å²) < 4.78 is 2.46. The van der Waals surface area contributed by atoms with E-state index in [-0.39, 0.29) is 27.9 Å². The minimum Gasteiger partial charge on any atom is -0.508 e. The number of benzene rings is 3. The quantitative estimate of drug-likeness (QED) is 0.0705. The first kappa shape index (κ1) is 27.8. The summed E-state index contributed by atoms with van der Waals surface area (Å²) in [7, 11) is 0. The minimum atomic E-state index is -1.01. The molecule has 0 spiro atoms. The Balaban J connectivity index is 1.29. The molecule has 44 heavy (non-hydrogen) atoms. The minimum absolute atomic E-state index is 0.0282. The molecule has 1 amide bonds. The predicted molar refractivity (Wildman–Crippen MR) is 171 cm³/mol. The third-order valence-corrected chi connectivity index (χ3v) is 9.90. The summed E-state index contributed by atoms with van der Waals surface area (Å²) in [6.07, 6.45) is 1.83. The highest BCUT2D eigenvalue weighted by Gasteiger charge is 2.48. The second kappa shape index (κ2) is 10.9. The lowest BCUT2D eigenvalue weighted by atomic mass is 9.96. The van der Waals surface area contributed by atoms with Crippen LogP contribution >= 0.6 is 23.1 Å². The zero-order valence-corrected chi connectivity index (χ0v) is 25.3. The van der Waals surface area contributed by atoms with E-state index in [4.69, 9.17) is 0 Å². The molecule has 7 rings (SSSR count). The van der Waals surface area contributed by atoms with E-state index in [1.165, 1.54) is 40.1 Å². The number of aromatic nitrogens is 4. The van der Waals surface area contributed by atoms with Crippen LogP contribution in [0.3, 0.4) is 0 Å². The molecule has 9 nitrogen and oxygen atoms in total. The SMILES string of the molecule is Cc1cccn2c(C)c(C(O)=C3C(=O)C(=O)N(c4nnc(SCc5cccc6ccccc56)s4)C3c3ccc(O)cc3)nc12. The number of aryl methyl sites for hydroxylation is 2. The topological polar surface area (TPSA) is 121 Å². The van der Waals surface area contributed by atoms with Crippen LogP contribution in [0.4, 0.5) is 5.13 Å². The van der Waals surface area contributed by atoms with Gasteiger partial charge in [0.2, 0.25) is 5.13 Å². The summed E-state index contributed by atoms with van der Waals surface area (Å²) in [6, 6.07) is 23.3. The molecule has 6 aromatic rings. The largest absolute Gasteiger partial charge is 0.508 e. The highest BCUT2D eigenvalue weighted by Crippen LogP contribution is 2.44. The number of fused-ring (bicyclic) bond motifs is 2. The number of pyridine rings is 1. The van der Waals surface area contributed by atoms with Crippen LogP contribution in [0.15, 0.2) is 95.0 Å². The molecule has 4 heterocycles. The van der Waals surface area contributed by atoms with Gasteiger partial charge in [-0.3, -0.25) is 14.5 Å². The van der Waals surface area contributed by atoms with Crippen LogP contribution in [0.2, 0.25) is 0 Å². The number of amides is 1. The van der Waals surface area contributed by atoms with Crippen molar-refractivity contribution >= 4 is 62.1 Å². The third-order valence-electron chi connectivity index (χ3n) is 7.79. The van der Waals surface area contributed by atoms with Gasteiger partial charge in [-0.15, -0.1) is 10.2 Å². The van der Waals surface area contributed by atoms with E-state index in [2.05, 4.69) is 39.4 Å². The molecule has 1 saturated heterocycles. The van der Waals surface area contributed by atoms with Gasteiger partial charge in [-0.1, -0.05) is 83.8 Å². The molecule has 0 saturated carbocycles. The maximum absolute atomic E-state index is 13.6. The summed E-state index contributed by atoms with van der Waals surface area (Å²) in [5.41, 5.74) is 3.93. The van der Waals surface area contributed by atoms with Crippen LogP contribution in [-0.2, 0) is 15.3 Å². The van der Waals surface area contributed by atoms with Gasteiger partial charge in [-0.05, 0) is 59.5 Å². The second-order valence-corrected chi connectivity index (χ2v) is 12.6. The molecule has 0 aliphatic carbocycles. The van der Waals surface area contributed by atoms with Gasteiger partial charge in [0, 0.05) is 11.9 Å². The molecular weight excluding hydrogens is 595 g/mol. The fraction of sp³-hybridized carbons (Fsp3) is 0.121. The first-order valence-corrected chi connectivity index (χ1v) is 15.6. The molecule has 1 aliphatic rings. The number of aliphatic hydroxyl groups is 1. The number of hydrogen-bond acceptors (Lipinski definition) is 9. The number of rotatable bonds is 6. The number of phenols is 1. The Morgan fingerprint density at radius 3 is 2.52 bits per heavy atom.